The van der Waals surface area contributed by atoms with Crippen molar-refractivity contribution < 1.29 is 22.5 Å². The number of nitro benzene ring substituents is 1. The summed E-state index contributed by atoms with van der Waals surface area (Å²) < 4.78 is 43.3. The molecule has 0 aliphatic carbocycles. The van der Waals surface area contributed by atoms with E-state index in [9.17, 15) is 28.1 Å². The standard InChI is InChI=1S/C14H12F3N5O4S2/c15-14(16,17)7-18-11-19-20-12(28-11)27-5-1-4-21-9-6-8(22(24)25)2-3-10(9)26-13(21)23/h2-3,6H,1,4-5,7H2,(H,18,19). The molecule has 150 valence electrons. The van der Waals surface area contributed by atoms with E-state index in [1.165, 1.54) is 34.5 Å². The first-order chi connectivity index (χ1) is 13.2. The van der Waals surface area contributed by atoms with E-state index in [0.29, 0.717) is 22.0 Å². The lowest BCUT2D eigenvalue weighted by Crippen LogP contribution is -2.21. The van der Waals surface area contributed by atoms with Gasteiger partial charge >= 0.3 is 11.9 Å². The molecule has 0 aliphatic heterocycles. The van der Waals surface area contributed by atoms with Gasteiger partial charge < -0.3 is 9.73 Å². The van der Waals surface area contributed by atoms with Crippen molar-refractivity contribution in [2.75, 3.05) is 17.6 Å². The van der Waals surface area contributed by atoms with Crippen molar-refractivity contribution in [2.45, 2.75) is 23.5 Å². The number of alkyl halides is 3. The van der Waals surface area contributed by atoms with Gasteiger partial charge in [-0.3, -0.25) is 14.7 Å². The number of nitrogens with zero attached hydrogens (tertiary/aromatic N) is 4. The average Bonchev–Trinajstić information content (AvgIpc) is 3.19. The molecule has 0 unspecified atom stereocenters. The summed E-state index contributed by atoms with van der Waals surface area (Å²) in [5.41, 5.74) is 0.440. The Bertz CT molecular complexity index is 1050. The van der Waals surface area contributed by atoms with Gasteiger partial charge in [0.05, 0.1) is 10.4 Å². The van der Waals surface area contributed by atoms with Gasteiger partial charge in [-0.15, -0.1) is 10.2 Å². The number of rotatable bonds is 8. The van der Waals surface area contributed by atoms with Crippen LogP contribution in [0.15, 0.2) is 31.8 Å². The SMILES string of the molecule is O=c1oc2ccc([N+](=O)[O-])cc2n1CCCSc1nnc(NCC(F)(F)F)s1. The highest BCUT2D eigenvalue weighted by molar-refractivity contribution is 8.01. The number of oxazole rings is 1. The second-order valence-electron chi connectivity index (χ2n) is 5.47. The molecule has 9 nitrogen and oxygen atoms in total. The molecule has 14 heteroatoms. The summed E-state index contributed by atoms with van der Waals surface area (Å²) in [6.07, 6.45) is -3.83. The Balaban J connectivity index is 1.56. The first-order valence-electron chi connectivity index (χ1n) is 7.77. The maximum absolute atomic E-state index is 12.2. The second-order valence-corrected chi connectivity index (χ2v) is 7.79. The Morgan fingerprint density at radius 1 is 1.36 bits per heavy atom. The number of aromatic nitrogens is 3. The van der Waals surface area contributed by atoms with Gasteiger partial charge in [0.2, 0.25) is 5.13 Å². The fourth-order valence-electron chi connectivity index (χ4n) is 2.27. The number of fused-ring (bicyclic) bond motifs is 1. The Kier molecular flexibility index (Phi) is 5.88. The molecular weight excluding hydrogens is 423 g/mol. The van der Waals surface area contributed by atoms with E-state index in [2.05, 4.69) is 15.5 Å². The number of hydrogen-bond acceptors (Lipinski definition) is 9. The molecule has 2 aromatic heterocycles. The molecular formula is C14H12F3N5O4S2. The van der Waals surface area contributed by atoms with Crippen LogP contribution in [0.5, 0.6) is 0 Å². The summed E-state index contributed by atoms with van der Waals surface area (Å²) in [5.74, 6) is -0.0999. The van der Waals surface area contributed by atoms with E-state index in [-0.39, 0.29) is 22.9 Å². The summed E-state index contributed by atoms with van der Waals surface area (Å²) in [5, 5.41) is 20.5. The lowest BCUT2D eigenvalue weighted by atomic mass is 10.3. The van der Waals surface area contributed by atoms with Gasteiger partial charge in [-0.25, -0.2) is 4.79 Å². The predicted octanol–water partition coefficient (Wildman–Crippen LogP) is 3.51. The van der Waals surface area contributed by atoms with Crippen LogP contribution in [0.2, 0.25) is 0 Å². The number of nitrogens with one attached hydrogen (secondary N) is 1. The second kappa shape index (κ2) is 8.18. The van der Waals surface area contributed by atoms with Crippen LogP contribution in [0, 0.1) is 10.1 Å². The first-order valence-corrected chi connectivity index (χ1v) is 9.58. The van der Waals surface area contributed by atoms with Crippen molar-refractivity contribution in [2.24, 2.45) is 0 Å². The maximum Gasteiger partial charge on any atom is 0.419 e. The lowest BCUT2D eigenvalue weighted by Gasteiger charge is -2.05. The van der Waals surface area contributed by atoms with Crippen molar-refractivity contribution in [1.82, 2.24) is 14.8 Å². The minimum atomic E-state index is -4.34. The first kappa shape index (κ1) is 20.1. The van der Waals surface area contributed by atoms with Crippen molar-refractivity contribution in [1.29, 1.82) is 0 Å². The zero-order valence-electron chi connectivity index (χ0n) is 13.9. The molecule has 3 rings (SSSR count). The van der Waals surface area contributed by atoms with Crippen molar-refractivity contribution >= 4 is 45.0 Å². The highest BCUT2D eigenvalue weighted by atomic mass is 32.2. The highest BCUT2D eigenvalue weighted by Gasteiger charge is 2.27. The highest BCUT2D eigenvalue weighted by Crippen LogP contribution is 2.27. The Morgan fingerprint density at radius 3 is 2.86 bits per heavy atom. The quantitative estimate of drug-likeness (QED) is 0.247. The van der Waals surface area contributed by atoms with Crippen molar-refractivity contribution in [3.05, 3.63) is 38.9 Å². The van der Waals surface area contributed by atoms with Crippen LogP contribution in [0.25, 0.3) is 11.1 Å². The molecule has 0 amide bonds. The molecule has 0 fully saturated rings. The zero-order chi connectivity index (χ0) is 20.3. The molecule has 0 saturated heterocycles. The van der Waals surface area contributed by atoms with E-state index >= 15 is 0 Å². The van der Waals surface area contributed by atoms with Crippen LogP contribution < -0.4 is 11.1 Å². The number of anilines is 1. The van der Waals surface area contributed by atoms with Crippen molar-refractivity contribution in [3.8, 4) is 0 Å². The van der Waals surface area contributed by atoms with Gasteiger partial charge in [0.1, 0.15) is 6.54 Å². The third kappa shape index (κ3) is 5.01. The summed E-state index contributed by atoms with van der Waals surface area (Å²) in [6.45, 7) is -0.924. The van der Waals surface area contributed by atoms with Gasteiger partial charge in [0.25, 0.3) is 5.69 Å². The Labute approximate surface area is 162 Å². The maximum atomic E-state index is 12.2. The monoisotopic (exact) mass is 435 g/mol. The third-order valence-corrected chi connectivity index (χ3v) is 5.56. The summed E-state index contributed by atoms with van der Waals surface area (Å²) in [4.78, 5) is 22.3. The molecule has 0 atom stereocenters. The van der Waals surface area contributed by atoms with Crippen LogP contribution in [-0.2, 0) is 6.54 Å². The van der Waals surface area contributed by atoms with E-state index in [4.69, 9.17) is 4.42 Å². The minimum absolute atomic E-state index is 0.0733. The number of benzene rings is 1. The average molecular weight is 435 g/mol. The smallest absolute Gasteiger partial charge is 0.408 e. The van der Waals surface area contributed by atoms with E-state index < -0.39 is 23.4 Å². The van der Waals surface area contributed by atoms with Gasteiger partial charge in [0.15, 0.2) is 9.92 Å². The lowest BCUT2D eigenvalue weighted by molar-refractivity contribution is -0.384. The number of aryl methyl sites for hydroxylation is 1. The van der Waals surface area contributed by atoms with Crippen molar-refractivity contribution in [3.63, 3.8) is 0 Å². The predicted molar refractivity (Wildman–Crippen MR) is 96.9 cm³/mol. The Morgan fingerprint density at radius 2 is 2.14 bits per heavy atom. The number of non-ortho nitro benzene ring substituents is 1. The number of hydrogen-bond donors (Lipinski definition) is 1. The molecule has 0 aliphatic rings. The molecule has 1 N–H and O–H groups in total. The normalized spacial score (nSPS) is 11.8. The molecule has 0 radical (unpaired) electrons. The largest absolute Gasteiger partial charge is 0.419 e. The number of nitro groups is 1. The van der Waals surface area contributed by atoms with Crippen LogP contribution in [0.1, 0.15) is 6.42 Å². The summed E-state index contributed by atoms with van der Waals surface area (Å²) >= 11 is 2.29. The number of thioether (sulfide) groups is 1. The topological polar surface area (TPSA) is 116 Å². The molecule has 0 bridgehead atoms. The van der Waals surface area contributed by atoms with Crippen LogP contribution in [0.4, 0.5) is 24.0 Å². The van der Waals surface area contributed by atoms with Gasteiger partial charge in [-0.2, -0.15) is 13.2 Å². The van der Waals surface area contributed by atoms with E-state index in [0.717, 1.165) is 11.3 Å². The van der Waals surface area contributed by atoms with Crippen LogP contribution >= 0.6 is 23.1 Å². The van der Waals surface area contributed by atoms with Crippen LogP contribution in [0.3, 0.4) is 0 Å². The van der Waals surface area contributed by atoms with Crippen LogP contribution in [-0.4, -0.2) is 38.2 Å². The molecule has 0 saturated carbocycles. The summed E-state index contributed by atoms with van der Waals surface area (Å²) in [7, 11) is 0. The Hall–Kier alpha value is -2.61. The fraction of sp³-hybridized carbons (Fsp3) is 0.357. The van der Waals surface area contributed by atoms with Gasteiger partial charge in [-0.05, 0) is 12.5 Å². The molecule has 2 heterocycles. The molecule has 3 aromatic rings. The van der Waals surface area contributed by atoms with E-state index in [1.807, 2.05) is 0 Å². The zero-order valence-corrected chi connectivity index (χ0v) is 15.6. The van der Waals surface area contributed by atoms with E-state index in [1.54, 1.807) is 0 Å². The van der Waals surface area contributed by atoms with Gasteiger partial charge in [-0.1, -0.05) is 23.1 Å². The summed E-state index contributed by atoms with van der Waals surface area (Å²) in [6, 6.07) is 3.90. The molecule has 28 heavy (non-hydrogen) atoms. The molecule has 1 aromatic carbocycles. The third-order valence-electron chi connectivity index (χ3n) is 3.46. The fourth-order valence-corrected chi connectivity index (χ4v) is 4.02. The molecule has 0 spiro atoms. The number of halogens is 3. The minimum Gasteiger partial charge on any atom is -0.408 e. The van der Waals surface area contributed by atoms with Gasteiger partial charge in [0, 0.05) is 24.4 Å².